The first-order chi connectivity index (χ1) is 7.02. The molecule has 0 saturated heterocycles. The van der Waals surface area contributed by atoms with Crippen molar-refractivity contribution < 1.29 is 4.79 Å². The SMILES string of the molecule is C=CCC(C(=O)CCC)C(C)CC(=C)C. The van der Waals surface area contributed by atoms with Crippen LogP contribution in [-0.2, 0) is 4.79 Å². The van der Waals surface area contributed by atoms with Crippen LogP contribution in [0, 0.1) is 11.8 Å². The minimum atomic E-state index is 0.138. The topological polar surface area (TPSA) is 17.1 Å². The molecular weight excluding hydrogens is 184 g/mol. The van der Waals surface area contributed by atoms with Gasteiger partial charge in [-0.05, 0) is 32.1 Å². The van der Waals surface area contributed by atoms with E-state index in [0.717, 1.165) is 24.8 Å². The van der Waals surface area contributed by atoms with Crippen molar-refractivity contribution in [1.29, 1.82) is 0 Å². The molecule has 0 rings (SSSR count). The Kier molecular flexibility index (Phi) is 7.02. The van der Waals surface area contributed by atoms with Crippen LogP contribution in [0.5, 0.6) is 0 Å². The van der Waals surface area contributed by atoms with Gasteiger partial charge in [-0.15, -0.1) is 13.2 Å². The van der Waals surface area contributed by atoms with E-state index in [9.17, 15) is 4.79 Å². The summed E-state index contributed by atoms with van der Waals surface area (Å²) in [5.74, 6) is 0.907. The molecule has 0 aliphatic heterocycles. The lowest BCUT2D eigenvalue weighted by Gasteiger charge is -2.21. The Hall–Kier alpha value is -0.850. The summed E-state index contributed by atoms with van der Waals surface area (Å²) < 4.78 is 0. The van der Waals surface area contributed by atoms with Crippen LogP contribution in [0.1, 0.15) is 46.5 Å². The molecule has 0 saturated carbocycles. The average Bonchev–Trinajstić information content (AvgIpc) is 2.13. The van der Waals surface area contributed by atoms with Crippen LogP contribution in [0.25, 0.3) is 0 Å². The van der Waals surface area contributed by atoms with Gasteiger partial charge in [0.25, 0.3) is 0 Å². The molecule has 2 unspecified atom stereocenters. The third kappa shape index (κ3) is 5.56. The Balaban J connectivity index is 4.41. The molecule has 0 heterocycles. The Morgan fingerprint density at radius 3 is 2.47 bits per heavy atom. The number of hydrogen-bond acceptors (Lipinski definition) is 1. The summed E-state index contributed by atoms with van der Waals surface area (Å²) in [6, 6.07) is 0. The maximum absolute atomic E-state index is 11.9. The van der Waals surface area contributed by atoms with Crippen LogP contribution in [0.15, 0.2) is 24.8 Å². The molecule has 1 heteroatoms. The minimum absolute atomic E-state index is 0.138. The first kappa shape index (κ1) is 14.2. The second kappa shape index (κ2) is 7.44. The third-order valence-electron chi connectivity index (χ3n) is 2.69. The molecule has 0 radical (unpaired) electrons. The highest BCUT2D eigenvalue weighted by atomic mass is 16.1. The quantitative estimate of drug-likeness (QED) is 0.548. The number of rotatable bonds is 8. The molecule has 0 aliphatic rings. The van der Waals surface area contributed by atoms with E-state index in [-0.39, 0.29) is 5.92 Å². The lowest BCUT2D eigenvalue weighted by molar-refractivity contribution is -0.124. The number of carbonyl (C=O) groups is 1. The fraction of sp³-hybridized carbons (Fsp3) is 0.643. The predicted molar refractivity (Wildman–Crippen MR) is 66.8 cm³/mol. The summed E-state index contributed by atoms with van der Waals surface area (Å²) in [4.78, 5) is 11.9. The Bertz CT molecular complexity index is 227. The van der Waals surface area contributed by atoms with Crippen molar-refractivity contribution in [3.05, 3.63) is 24.8 Å². The zero-order valence-electron chi connectivity index (χ0n) is 10.4. The van der Waals surface area contributed by atoms with Crippen LogP contribution < -0.4 is 0 Å². The average molecular weight is 208 g/mol. The third-order valence-corrected chi connectivity index (χ3v) is 2.69. The second-order valence-corrected chi connectivity index (χ2v) is 4.49. The molecule has 0 aromatic carbocycles. The molecule has 0 bridgehead atoms. The van der Waals surface area contributed by atoms with Gasteiger partial charge >= 0.3 is 0 Å². The molecule has 1 nitrogen and oxygen atoms in total. The smallest absolute Gasteiger partial charge is 0.136 e. The zero-order chi connectivity index (χ0) is 11.8. The molecule has 2 atom stereocenters. The highest BCUT2D eigenvalue weighted by Crippen LogP contribution is 2.24. The summed E-state index contributed by atoms with van der Waals surface area (Å²) in [6.07, 6.45) is 5.22. The first-order valence-electron chi connectivity index (χ1n) is 5.80. The number of Topliss-reactive ketones (excluding diaryl/α,β-unsaturated/α-hetero) is 1. The summed E-state index contributed by atoms with van der Waals surface area (Å²) in [5.41, 5.74) is 1.15. The maximum atomic E-state index is 11.9. The number of hydrogen-bond donors (Lipinski definition) is 0. The van der Waals surface area contributed by atoms with Gasteiger partial charge in [-0.1, -0.05) is 25.5 Å². The zero-order valence-corrected chi connectivity index (χ0v) is 10.4. The molecule has 86 valence electrons. The van der Waals surface area contributed by atoms with E-state index in [2.05, 4.69) is 20.1 Å². The van der Waals surface area contributed by atoms with E-state index in [0.29, 0.717) is 18.1 Å². The van der Waals surface area contributed by atoms with Crippen molar-refractivity contribution in [1.82, 2.24) is 0 Å². The lowest BCUT2D eigenvalue weighted by atomic mass is 9.82. The summed E-state index contributed by atoms with van der Waals surface area (Å²) in [6.45, 7) is 13.8. The molecule has 0 aromatic heterocycles. The Morgan fingerprint density at radius 1 is 1.47 bits per heavy atom. The number of allylic oxidation sites excluding steroid dienone is 2. The van der Waals surface area contributed by atoms with Crippen LogP contribution in [0.4, 0.5) is 0 Å². The maximum Gasteiger partial charge on any atom is 0.136 e. The highest BCUT2D eigenvalue weighted by Gasteiger charge is 2.22. The van der Waals surface area contributed by atoms with Crippen LogP contribution >= 0.6 is 0 Å². The minimum Gasteiger partial charge on any atom is -0.299 e. The fourth-order valence-electron chi connectivity index (χ4n) is 1.98. The van der Waals surface area contributed by atoms with Crippen LogP contribution in [-0.4, -0.2) is 5.78 Å². The number of ketones is 1. The molecule has 0 fully saturated rings. The van der Waals surface area contributed by atoms with Gasteiger partial charge in [0.2, 0.25) is 0 Å². The van der Waals surface area contributed by atoms with Gasteiger partial charge in [0, 0.05) is 12.3 Å². The van der Waals surface area contributed by atoms with Crippen molar-refractivity contribution in [2.75, 3.05) is 0 Å². The van der Waals surface area contributed by atoms with Gasteiger partial charge in [0.15, 0.2) is 0 Å². The van der Waals surface area contributed by atoms with E-state index >= 15 is 0 Å². The van der Waals surface area contributed by atoms with Crippen molar-refractivity contribution in [2.24, 2.45) is 11.8 Å². The predicted octanol–water partition coefficient (Wildman–Crippen LogP) is 4.15. The van der Waals surface area contributed by atoms with Crippen LogP contribution in [0.3, 0.4) is 0 Å². The standard InChI is InChI=1S/C14H24O/c1-6-8-13(14(15)9-7-2)12(5)10-11(3)4/h6,12-13H,1,3,7-10H2,2,4-5H3. The lowest BCUT2D eigenvalue weighted by Crippen LogP contribution is -2.21. The van der Waals surface area contributed by atoms with Gasteiger partial charge in [0.1, 0.15) is 5.78 Å². The normalized spacial score (nSPS) is 14.3. The molecule has 0 aliphatic carbocycles. The summed E-state index contributed by atoms with van der Waals surface area (Å²) >= 11 is 0. The van der Waals surface area contributed by atoms with Crippen molar-refractivity contribution >= 4 is 5.78 Å². The monoisotopic (exact) mass is 208 g/mol. The molecule has 0 spiro atoms. The van der Waals surface area contributed by atoms with Gasteiger partial charge in [-0.25, -0.2) is 0 Å². The molecular formula is C14H24O. The second-order valence-electron chi connectivity index (χ2n) is 4.49. The Morgan fingerprint density at radius 2 is 2.07 bits per heavy atom. The number of carbonyl (C=O) groups excluding carboxylic acids is 1. The van der Waals surface area contributed by atoms with E-state index < -0.39 is 0 Å². The van der Waals surface area contributed by atoms with Crippen molar-refractivity contribution in [2.45, 2.75) is 46.5 Å². The van der Waals surface area contributed by atoms with Gasteiger partial charge < -0.3 is 0 Å². The summed E-state index contributed by atoms with van der Waals surface area (Å²) in [5, 5.41) is 0. The first-order valence-corrected chi connectivity index (χ1v) is 5.80. The molecule has 0 aromatic rings. The fourth-order valence-corrected chi connectivity index (χ4v) is 1.98. The largest absolute Gasteiger partial charge is 0.299 e. The van der Waals surface area contributed by atoms with Crippen molar-refractivity contribution in [3.8, 4) is 0 Å². The van der Waals surface area contributed by atoms with Gasteiger partial charge in [0.05, 0.1) is 0 Å². The van der Waals surface area contributed by atoms with Gasteiger partial charge in [-0.3, -0.25) is 4.79 Å². The van der Waals surface area contributed by atoms with Gasteiger partial charge in [-0.2, -0.15) is 0 Å². The van der Waals surface area contributed by atoms with E-state index in [4.69, 9.17) is 0 Å². The molecule has 15 heavy (non-hydrogen) atoms. The summed E-state index contributed by atoms with van der Waals surface area (Å²) in [7, 11) is 0. The van der Waals surface area contributed by atoms with E-state index in [1.807, 2.05) is 19.9 Å². The molecule has 0 amide bonds. The van der Waals surface area contributed by atoms with E-state index in [1.54, 1.807) is 0 Å². The van der Waals surface area contributed by atoms with Crippen LogP contribution in [0.2, 0.25) is 0 Å². The Labute approximate surface area is 94.3 Å². The van der Waals surface area contributed by atoms with Crippen molar-refractivity contribution in [3.63, 3.8) is 0 Å². The van der Waals surface area contributed by atoms with E-state index in [1.165, 1.54) is 0 Å². The molecule has 0 N–H and O–H groups in total. The highest BCUT2D eigenvalue weighted by molar-refractivity contribution is 5.81.